The summed E-state index contributed by atoms with van der Waals surface area (Å²) in [4.78, 5) is 24.8. The monoisotopic (exact) mass is 437 g/mol. The van der Waals surface area contributed by atoms with Crippen LogP contribution >= 0.6 is 0 Å². The second-order valence-electron chi connectivity index (χ2n) is 8.94. The summed E-state index contributed by atoms with van der Waals surface area (Å²) < 4.78 is 0. The zero-order valence-electron chi connectivity index (χ0n) is 18.9. The molecule has 172 valence electrons. The van der Waals surface area contributed by atoms with E-state index in [4.69, 9.17) is 0 Å². The van der Waals surface area contributed by atoms with E-state index in [9.17, 15) is 19.8 Å². The Hall–Kier alpha value is -2.66. The third-order valence-electron chi connectivity index (χ3n) is 6.51. The fourth-order valence-corrected chi connectivity index (χ4v) is 4.74. The number of nitrogens with one attached hydrogen (secondary N) is 1. The minimum absolute atomic E-state index is 0.00722. The Labute approximate surface area is 190 Å². The first kappa shape index (κ1) is 24.0. The number of unbranched alkanes of at least 4 members (excludes halogenated alkanes) is 5. The van der Waals surface area contributed by atoms with Crippen LogP contribution < -0.4 is 5.32 Å². The standard InChI is InChI=1S/C27H35NO4/c1-2-3-4-5-6-7-12-19-17-24(25(29)18-19)28-23-16-11-10-15-22(23)26(30)20-13-8-9-14-21(20)27(31)32/h8-11,13-16,19,24-25,28-29H,2-7,12,17-18H2,1H3,(H,31,32). The van der Waals surface area contributed by atoms with Crippen molar-refractivity contribution in [2.75, 3.05) is 5.32 Å². The number of aliphatic hydroxyl groups excluding tert-OH is 1. The van der Waals surface area contributed by atoms with E-state index in [0.717, 1.165) is 19.3 Å². The fraction of sp³-hybridized carbons (Fsp3) is 0.481. The minimum Gasteiger partial charge on any atom is -0.478 e. The summed E-state index contributed by atoms with van der Waals surface area (Å²) in [5.74, 6) is -0.963. The lowest BCUT2D eigenvalue weighted by molar-refractivity contribution is 0.0692. The van der Waals surface area contributed by atoms with Gasteiger partial charge in [0.15, 0.2) is 5.78 Å². The number of anilines is 1. The van der Waals surface area contributed by atoms with Gasteiger partial charge in [0.2, 0.25) is 0 Å². The van der Waals surface area contributed by atoms with E-state index < -0.39 is 12.1 Å². The van der Waals surface area contributed by atoms with Crippen LogP contribution in [0.5, 0.6) is 0 Å². The summed E-state index contributed by atoms with van der Waals surface area (Å²) in [6, 6.07) is 13.3. The van der Waals surface area contributed by atoms with E-state index >= 15 is 0 Å². The predicted molar refractivity (Wildman–Crippen MR) is 127 cm³/mol. The molecule has 3 rings (SSSR count). The molecule has 2 aromatic carbocycles. The molecular formula is C27H35NO4. The molecule has 32 heavy (non-hydrogen) atoms. The Morgan fingerprint density at radius 2 is 1.50 bits per heavy atom. The number of hydrogen-bond donors (Lipinski definition) is 3. The van der Waals surface area contributed by atoms with Crippen molar-refractivity contribution >= 4 is 17.4 Å². The van der Waals surface area contributed by atoms with Crippen molar-refractivity contribution in [3.05, 3.63) is 65.2 Å². The Kier molecular flexibility index (Phi) is 8.86. The number of carboxylic acids is 1. The van der Waals surface area contributed by atoms with Crippen molar-refractivity contribution in [3.63, 3.8) is 0 Å². The summed E-state index contributed by atoms with van der Waals surface area (Å²) in [6.45, 7) is 2.23. The lowest BCUT2D eigenvalue weighted by Gasteiger charge is -2.20. The Bertz CT molecular complexity index is 910. The molecule has 3 N–H and O–H groups in total. The molecule has 1 aliphatic rings. The van der Waals surface area contributed by atoms with Gasteiger partial charge in [0.05, 0.1) is 17.7 Å². The topological polar surface area (TPSA) is 86.6 Å². The van der Waals surface area contributed by atoms with Gasteiger partial charge in [-0.1, -0.05) is 82.2 Å². The van der Waals surface area contributed by atoms with E-state index in [1.165, 1.54) is 44.6 Å². The van der Waals surface area contributed by atoms with Crippen LogP contribution in [0.15, 0.2) is 48.5 Å². The second kappa shape index (κ2) is 11.8. The van der Waals surface area contributed by atoms with Gasteiger partial charge in [-0.3, -0.25) is 4.79 Å². The maximum Gasteiger partial charge on any atom is 0.336 e. The third-order valence-corrected chi connectivity index (χ3v) is 6.51. The van der Waals surface area contributed by atoms with Gasteiger partial charge in [-0.2, -0.15) is 0 Å². The third kappa shape index (κ3) is 6.19. The molecule has 3 unspecified atom stereocenters. The number of rotatable bonds is 12. The highest BCUT2D eigenvalue weighted by Gasteiger charge is 2.33. The molecule has 1 aliphatic carbocycles. The van der Waals surface area contributed by atoms with Crippen molar-refractivity contribution in [2.45, 2.75) is 76.9 Å². The van der Waals surface area contributed by atoms with Crippen molar-refractivity contribution in [1.29, 1.82) is 0 Å². The van der Waals surface area contributed by atoms with Gasteiger partial charge in [0.25, 0.3) is 0 Å². The number of carbonyl (C=O) groups excluding carboxylic acids is 1. The minimum atomic E-state index is -1.12. The highest BCUT2D eigenvalue weighted by molar-refractivity contribution is 6.16. The molecule has 5 nitrogen and oxygen atoms in total. The van der Waals surface area contributed by atoms with E-state index in [-0.39, 0.29) is 23.0 Å². The van der Waals surface area contributed by atoms with Crippen LogP contribution in [-0.2, 0) is 0 Å². The Morgan fingerprint density at radius 1 is 0.875 bits per heavy atom. The van der Waals surface area contributed by atoms with Gasteiger partial charge < -0.3 is 15.5 Å². The zero-order chi connectivity index (χ0) is 22.9. The van der Waals surface area contributed by atoms with Gasteiger partial charge in [0.1, 0.15) is 0 Å². The highest BCUT2D eigenvalue weighted by Crippen LogP contribution is 2.33. The number of aliphatic hydroxyl groups is 1. The molecule has 0 spiro atoms. The molecular weight excluding hydrogens is 402 g/mol. The molecule has 0 radical (unpaired) electrons. The lowest BCUT2D eigenvalue weighted by atomic mass is 9.96. The zero-order valence-corrected chi connectivity index (χ0v) is 18.9. The van der Waals surface area contributed by atoms with Crippen LogP contribution in [0.3, 0.4) is 0 Å². The first-order valence-corrected chi connectivity index (χ1v) is 11.9. The lowest BCUT2D eigenvalue weighted by Crippen LogP contribution is -2.28. The number of aromatic carboxylic acids is 1. The first-order chi connectivity index (χ1) is 15.5. The number of para-hydroxylation sites is 1. The quantitative estimate of drug-likeness (QED) is 0.283. The summed E-state index contributed by atoms with van der Waals surface area (Å²) in [5, 5.41) is 23.5. The number of carbonyl (C=O) groups is 2. The van der Waals surface area contributed by atoms with Gasteiger partial charge in [0, 0.05) is 16.8 Å². The van der Waals surface area contributed by atoms with Crippen molar-refractivity contribution in [3.8, 4) is 0 Å². The van der Waals surface area contributed by atoms with E-state index in [0.29, 0.717) is 17.2 Å². The molecule has 5 heteroatoms. The van der Waals surface area contributed by atoms with Gasteiger partial charge >= 0.3 is 5.97 Å². The molecule has 3 atom stereocenters. The van der Waals surface area contributed by atoms with Crippen molar-refractivity contribution < 1.29 is 19.8 Å². The van der Waals surface area contributed by atoms with Gasteiger partial charge in [-0.15, -0.1) is 0 Å². The van der Waals surface area contributed by atoms with Crippen molar-refractivity contribution in [2.24, 2.45) is 5.92 Å². The Morgan fingerprint density at radius 3 is 2.22 bits per heavy atom. The average Bonchev–Trinajstić information content (AvgIpc) is 3.15. The van der Waals surface area contributed by atoms with Crippen LogP contribution in [0.4, 0.5) is 5.69 Å². The Balaban J connectivity index is 1.64. The van der Waals surface area contributed by atoms with E-state index in [1.807, 2.05) is 12.1 Å². The molecule has 2 aromatic rings. The highest BCUT2D eigenvalue weighted by atomic mass is 16.4. The second-order valence-corrected chi connectivity index (χ2v) is 8.94. The van der Waals surface area contributed by atoms with Crippen LogP contribution in [0.25, 0.3) is 0 Å². The molecule has 0 bridgehead atoms. The normalized spacial score (nSPS) is 20.2. The molecule has 0 aliphatic heterocycles. The summed E-state index contributed by atoms with van der Waals surface area (Å²) in [7, 11) is 0. The molecule has 0 aromatic heterocycles. The number of ketones is 1. The van der Waals surface area contributed by atoms with E-state index in [1.54, 1.807) is 30.3 Å². The summed E-state index contributed by atoms with van der Waals surface area (Å²) in [6.07, 6.45) is 9.97. The number of benzene rings is 2. The largest absolute Gasteiger partial charge is 0.478 e. The van der Waals surface area contributed by atoms with Gasteiger partial charge in [-0.25, -0.2) is 4.79 Å². The number of hydrogen-bond acceptors (Lipinski definition) is 4. The van der Waals surface area contributed by atoms with Crippen LogP contribution in [0.2, 0.25) is 0 Å². The summed E-state index contributed by atoms with van der Waals surface area (Å²) in [5.41, 5.74) is 1.23. The van der Waals surface area contributed by atoms with E-state index in [2.05, 4.69) is 12.2 Å². The number of carboxylic acid groups (broad SMARTS) is 1. The van der Waals surface area contributed by atoms with Crippen LogP contribution in [0.1, 0.15) is 91.0 Å². The molecule has 1 fully saturated rings. The van der Waals surface area contributed by atoms with Gasteiger partial charge in [-0.05, 0) is 37.0 Å². The maximum atomic E-state index is 13.2. The summed E-state index contributed by atoms with van der Waals surface area (Å²) >= 11 is 0. The molecule has 0 heterocycles. The molecule has 1 saturated carbocycles. The van der Waals surface area contributed by atoms with Crippen molar-refractivity contribution in [1.82, 2.24) is 0 Å². The predicted octanol–water partition coefficient (Wildman–Crippen LogP) is 5.92. The molecule has 0 amide bonds. The average molecular weight is 438 g/mol. The SMILES string of the molecule is CCCCCCCCC1CC(O)C(Nc2ccccc2C(=O)c2ccccc2C(=O)O)C1. The fourth-order valence-electron chi connectivity index (χ4n) is 4.74. The first-order valence-electron chi connectivity index (χ1n) is 11.9. The smallest absolute Gasteiger partial charge is 0.336 e. The van der Waals surface area contributed by atoms with Crippen LogP contribution in [0, 0.1) is 5.92 Å². The van der Waals surface area contributed by atoms with Crippen LogP contribution in [-0.4, -0.2) is 34.1 Å². The molecule has 0 saturated heterocycles. The maximum absolute atomic E-state index is 13.2.